The summed E-state index contributed by atoms with van der Waals surface area (Å²) >= 11 is 0. The van der Waals surface area contributed by atoms with Gasteiger partial charge < -0.3 is 64.2 Å². The van der Waals surface area contributed by atoms with Crippen molar-refractivity contribution in [3.8, 4) is 0 Å². The molecule has 15 heteroatoms. The van der Waals surface area contributed by atoms with Crippen molar-refractivity contribution in [3.63, 3.8) is 0 Å². The van der Waals surface area contributed by atoms with Gasteiger partial charge in [-0.1, -0.05) is 244 Å². The maximum atomic E-state index is 13.1. The van der Waals surface area contributed by atoms with E-state index in [2.05, 4.69) is 26.0 Å². The van der Waals surface area contributed by atoms with E-state index < -0.39 is 92.7 Å². The number of unbranched alkanes of at least 4 members (excludes halogenated alkanes) is 37. The van der Waals surface area contributed by atoms with E-state index in [0.717, 1.165) is 38.5 Å². The van der Waals surface area contributed by atoms with Crippen LogP contribution >= 0.6 is 0 Å². The molecule has 2 aliphatic rings. The molecule has 0 amide bonds. The van der Waals surface area contributed by atoms with Crippen molar-refractivity contribution in [2.75, 3.05) is 26.4 Å². The lowest BCUT2D eigenvalue weighted by atomic mass is 9.98. The Morgan fingerprint density at radius 3 is 1.13 bits per heavy atom. The van der Waals surface area contributed by atoms with Crippen LogP contribution in [0.3, 0.4) is 0 Å². The highest BCUT2D eigenvalue weighted by molar-refractivity contribution is 5.70. The van der Waals surface area contributed by atoms with Crippen molar-refractivity contribution in [3.05, 3.63) is 12.2 Å². The molecule has 0 spiro atoms. The first-order valence-electron chi connectivity index (χ1n) is 32.3. The third-order valence-electron chi connectivity index (χ3n) is 15.7. The summed E-state index contributed by atoms with van der Waals surface area (Å²) in [4.78, 5) is 26.0. The molecule has 0 aliphatic carbocycles. The van der Waals surface area contributed by atoms with Crippen molar-refractivity contribution in [1.29, 1.82) is 0 Å². The standard InChI is InChI=1S/C63H118O15/c1-3-5-7-9-11-13-15-17-19-21-23-25-27-29-31-33-35-37-39-41-43-45-54(65)73-48-51(49-74-62-61(72)59(70)57(68)53(78-62)50-75-63-60(71)58(69)56(67)52(47-64)77-63)76-55(66)46-44-42-40-38-36-34-32-30-28-26-24-22-20-18-16-14-12-10-8-6-4-2/h17,19,51-53,56-64,67-72H,3-16,18,20-50H2,1-2H3/b19-17+/t51-,52+,53+,56-,57-,58?,59?,60?,61?,62+,63+/m0/s1. The second kappa shape index (κ2) is 49.8. The van der Waals surface area contributed by atoms with Crippen LogP contribution in [-0.4, -0.2) is 142 Å². The Morgan fingerprint density at radius 1 is 0.397 bits per heavy atom. The molecule has 78 heavy (non-hydrogen) atoms. The van der Waals surface area contributed by atoms with Crippen molar-refractivity contribution < 1.29 is 73.8 Å². The maximum absolute atomic E-state index is 13.1. The molecule has 0 aromatic heterocycles. The predicted molar refractivity (Wildman–Crippen MR) is 308 cm³/mol. The highest BCUT2D eigenvalue weighted by Gasteiger charge is 2.47. The Bertz CT molecular complexity index is 1400. The minimum absolute atomic E-state index is 0.172. The monoisotopic (exact) mass is 1110 g/mol. The molecule has 15 nitrogen and oxygen atoms in total. The molecule has 2 fully saturated rings. The SMILES string of the molecule is CCCCCCCC/C=C/CCCCCCCCCCCCCC(=O)OC[C@@H](CO[C@@H]1O[C@H](CO[C@@H]2O[C@H](CO)[C@H](O)C(O)C2O)[C@H](O)C(O)C1O)OC(=O)CCCCCCCCCCCCCCCCCCCCCCC. The van der Waals surface area contributed by atoms with Crippen LogP contribution in [-0.2, 0) is 38.0 Å². The Kier molecular flexibility index (Phi) is 46.2. The minimum atomic E-state index is -1.76. The van der Waals surface area contributed by atoms with E-state index in [4.69, 9.17) is 28.4 Å². The van der Waals surface area contributed by atoms with Gasteiger partial charge in [0.2, 0.25) is 0 Å². The molecular weight excluding hydrogens is 997 g/mol. The number of rotatable bonds is 53. The van der Waals surface area contributed by atoms with Gasteiger partial charge in [-0.3, -0.25) is 9.59 Å². The average Bonchev–Trinajstić information content (AvgIpc) is 3.44. The van der Waals surface area contributed by atoms with Gasteiger partial charge in [-0.2, -0.15) is 0 Å². The van der Waals surface area contributed by atoms with Crippen LogP contribution in [0.4, 0.5) is 0 Å². The number of esters is 2. The van der Waals surface area contributed by atoms with Crippen molar-refractivity contribution in [2.45, 2.75) is 351 Å². The fourth-order valence-corrected chi connectivity index (χ4v) is 10.5. The van der Waals surface area contributed by atoms with Gasteiger partial charge in [0.05, 0.1) is 19.8 Å². The zero-order valence-electron chi connectivity index (χ0n) is 49.4. The molecule has 2 heterocycles. The Balaban J connectivity index is 1.70. The molecule has 4 unspecified atom stereocenters. The van der Waals surface area contributed by atoms with Crippen LogP contribution in [0.25, 0.3) is 0 Å². The van der Waals surface area contributed by atoms with Gasteiger partial charge in [-0.25, -0.2) is 0 Å². The topological polar surface area (TPSA) is 231 Å². The van der Waals surface area contributed by atoms with Crippen LogP contribution in [0.2, 0.25) is 0 Å². The lowest BCUT2D eigenvalue weighted by Crippen LogP contribution is -2.61. The number of hydrogen-bond acceptors (Lipinski definition) is 15. The van der Waals surface area contributed by atoms with Gasteiger partial charge in [-0.05, 0) is 38.5 Å². The predicted octanol–water partition coefficient (Wildman–Crippen LogP) is 12.1. The molecule has 2 saturated heterocycles. The van der Waals surface area contributed by atoms with E-state index in [1.165, 1.54) is 205 Å². The zero-order valence-corrected chi connectivity index (χ0v) is 49.4. The summed E-state index contributed by atoms with van der Waals surface area (Å²) in [5.74, 6) is -0.905. The average molecular weight is 1120 g/mol. The first-order chi connectivity index (χ1) is 38.0. The van der Waals surface area contributed by atoms with E-state index in [1.807, 2.05) is 0 Å². The quantitative estimate of drug-likeness (QED) is 0.0171. The molecule has 460 valence electrons. The summed E-state index contributed by atoms with van der Waals surface area (Å²) < 4.78 is 33.8. The Hall–Kier alpha value is -1.76. The van der Waals surface area contributed by atoms with Crippen LogP contribution in [0.15, 0.2) is 12.2 Å². The van der Waals surface area contributed by atoms with Gasteiger partial charge in [0.1, 0.15) is 55.4 Å². The molecule has 0 bridgehead atoms. The summed E-state index contributed by atoms with van der Waals surface area (Å²) in [5, 5.41) is 72.4. The summed E-state index contributed by atoms with van der Waals surface area (Å²) in [5.41, 5.74) is 0. The van der Waals surface area contributed by atoms with Gasteiger partial charge in [0, 0.05) is 12.8 Å². The molecule has 7 N–H and O–H groups in total. The first-order valence-corrected chi connectivity index (χ1v) is 32.3. The van der Waals surface area contributed by atoms with Gasteiger partial charge >= 0.3 is 11.9 Å². The normalized spacial score (nSPS) is 24.0. The van der Waals surface area contributed by atoms with Crippen LogP contribution in [0.1, 0.15) is 284 Å². The van der Waals surface area contributed by atoms with E-state index in [1.54, 1.807) is 0 Å². The first kappa shape index (κ1) is 72.3. The van der Waals surface area contributed by atoms with Crippen LogP contribution in [0.5, 0.6) is 0 Å². The van der Waals surface area contributed by atoms with Crippen molar-refractivity contribution in [2.24, 2.45) is 0 Å². The number of aliphatic hydroxyl groups excluding tert-OH is 7. The summed E-state index contributed by atoms with van der Waals surface area (Å²) in [7, 11) is 0. The number of hydrogen-bond donors (Lipinski definition) is 7. The molecule has 2 aliphatic heterocycles. The van der Waals surface area contributed by atoms with E-state index in [-0.39, 0.29) is 26.1 Å². The molecule has 0 aromatic rings. The number of carbonyl (C=O) groups is 2. The molecule has 0 saturated carbocycles. The molecule has 0 aromatic carbocycles. The largest absolute Gasteiger partial charge is 0.462 e. The smallest absolute Gasteiger partial charge is 0.306 e. The fraction of sp³-hybridized carbons (Fsp3) is 0.937. The number of ether oxygens (including phenoxy) is 6. The van der Waals surface area contributed by atoms with Gasteiger partial charge in [0.25, 0.3) is 0 Å². The fourth-order valence-electron chi connectivity index (χ4n) is 10.5. The summed E-state index contributed by atoms with van der Waals surface area (Å²) in [6.07, 6.45) is 38.0. The van der Waals surface area contributed by atoms with E-state index in [0.29, 0.717) is 12.8 Å². The van der Waals surface area contributed by atoms with E-state index >= 15 is 0 Å². The van der Waals surface area contributed by atoms with Crippen LogP contribution < -0.4 is 0 Å². The lowest BCUT2D eigenvalue weighted by molar-refractivity contribution is -0.332. The van der Waals surface area contributed by atoms with E-state index in [9.17, 15) is 45.3 Å². The van der Waals surface area contributed by atoms with Gasteiger partial charge in [-0.15, -0.1) is 0 Å². The summed E-state index contributed by atoms with van der Waals surface area (Å²) in [6, 6.07) is 0. The molecule has 11 atom stereocenters. The van der Waals surface area contributed by atoms with Crippen molar-refractivity contribution in [1.82, 2.24) is 0 Å². The third-order valence-corrected chi connectivity index (χ3v) is 15.7. The number of allylic oxidation sites excluding steroid dienone is 2. The molecule has 0 radical (unpaired) electrons. The highest BCUT2D eigenvalue weighted by atomic mass is 16.7. The Morgan fingerprint density at radius 2 is 0.731 bits per heavy atom. The lowest BCUT2D eigenvalue weighted by Gasteiger charge is -2.42. The molecular formula is C63H118O15. The molecule has 2 rings (SSSR count). The minimum Gasteiger partial charge on any atom is -0.462 e. The van der Waals surface area contributed by atoms with Crippen molar-refractivity contribution >= 4 is 11.9 Å². The number of aliphatic hydroxyl groups is 7. The second-order valence-corrected chi connectivity index (χ2v) is 23.0. The third kappa shape index (κ3) is 36.0. The highest BCUT2D eigenvalue weighted by Crippen LogP contribution is 2.27. The van der Waals surface area contributed by atoms with Gasteiger partial charge in [0.15, 0.2) is 18.7 Å². The zero-order chi connectivity index (χ0) is 56.7. The van der Waals surface area contributed by atoms with Crippen LogP contribution in [0, 0.1) is 0 Å². The Labute approximate surface area is 473 Å². The number of carbonyl (C=O) groups excluding carboxylic acids is 2. The maximum Gasteiger partial charge on any atom is 0.306 e. The second-order valence-electron chi connectivity index (χ2n) is 23.0. The summed E-state index contributed by atoms with van der Waals surface area (Å²) in [6.45, 7) is 2.66.